The molecule has 0 aromatic rings. The van der Waals surface area contributed by atoms with Crippen molar-refractivity contribution in [3.63, 3.8) is 0 Å². The van der Waals surface area contributed by atoms with E-state index in [0.717, 1.165) is 0 Å². The molecule has 92 valence electrons. The van der Waals surface area contributed by atoms with Crippen LogP contribution in [0.4, 0.5) is 8.78 Å². The van der Waals surface area contributed by atoms with Crippen LogP contribution in [0.1, 0.15) is 0 Å². The molecule has 0 bridgehead atoms. The Bertz CT molecular complexity index is 149. The maximum atomic E-state index is 11.9. The molecule has 4 nitrogen and oxygen atoms in total. The molecule has 15 heavy (non-hydrogen) atoms. The number of nitrogens with zero attached hydrogens (tertiary/aromatic N) is 1. The summed E-state index contributed by atoms with van der Waals surface area (Å²) in [5.74, 6) is 0. The summed E-state index contributed by atoms with van der Waals surface area (Å²) in [7, 11) is 3.08. The predicted octanol–water partition coefficient (Wildman–Crippen LogP) is 0.207. The third kappa shape index (κ3) is 9.99. The van der Waals surface area contributed by atoms with Gasteiger partial charge in [-0.2, -0.15) is 0 Å². The Labute approximate surface area is 88.8 Å². The molecule has 0 fully saturated rings. The van der Waals surface area contributed by atoms with Gasteiger partial charge in [0.1, 0.15) is 0 Å². The largest absolute Gasteiger partial charge is 0.389 e. The van der Waals surface area contributed by atoms with E-state index in [9.17, 15) is 13.9 Å². The molecule has 0 aliphatic rings. The fraction of sp³-hybridized carbons (Fsp3) is 1.00. The van der Waals surface area contributed by atoms with E-state index in [1.54, 1.807) is 7.11 Å². The highest BCUT2D eigenvalue weighted by Gasteiger charge is 2.12. The van der Waals surface area contributed by atoms with Crippen LogP contribution >= 0.6 is 0 Å². The van der Waals surface area contributed by atoms with Gasteiger partial charge < -0.3 is 14.6 Å². The van der Waals surface area contributed by atoms with Crippen LogP contribution in [0.3, 0.4) is 0 Å². The van der Waals surface area contributed by atoms with Crippen molar-refractivity contribution in [1.82, 2.24) is 4.90 Å². The number of alkyl halides is 2. The zero-order valence-electron chi connectivity index (χ0n) is 9.16. The molecule has 0 aromatic carbocycles. The first-order valence-corrected chi connectivity index (χ1v) is 4.77. The molecule has 0 aromatic heterocycles. The number of aliphatic hydroxyl groups excluding tert-OH is 1. The molecule has 6 heteroatoms. The van der Waals surface area contributed by atoms with Gasteiger partial charge in [0, 0.05) is 13.7 Å². The van der Waals surface area contributed by atoms with E-state index in [2.05, 4.69) is 0 Å². The van der Waals surface area contributed by atoms with E-state index in [1.807, 2.05) is 0 Å². The normalized spacial score (nSPS) is 13.8. The van der Waals surface area contributed by atoms with E-state index in [0.29, 0.717) is 13.2 Å². The minimum atomic E-state index is -2.38. The molecule has 1 unspecified atom stereocenters. The molecular weight excluding hydrogens is 208 g/mol. The molecule has 0 saturated carbocycles. The van der Waals surface area contributed by atoms with E-state index >= 15 is 0 Å². The Morgan fingerprint density at radius 1 is 1.27 bits per heavy atom. The molecule has 0 amide bonds. The van der Waals surface area contributed by atoms with Gasteiger partial charge in [0.05, 0.1) is 32.5 Å². The summed E-state index contributed by atoms with van der Waals surface area (Å²) in [6, 6.07) is 0. The van der Waals surface area contributed by atoms with Gasteiger partial charge in [-0.3, -0.25) is 4.90 Å². The molecule has 0 radical (unpaired) electrons. The average molecular weight is 227 g/mol. The van der Waals surface area contributed by atoms with Crippen LogP contribution in [0.2, 0.25) is 0 Å². The Morgan fingerprint density at radius 2 is 1.93 bits per heavy atom. The van der Waals surface area contributed by atoms with E-state index < -0.39 is 12.5 Å². The number of rotatable bonds is 9. The lowest BCUT2D eigenvalue weighted by atomic mass is 10.3. The number of aliphatic hydroxyl groups is 1. The lowest BCUT2D eigenvalue weighted by molar-refractivity contribution is -0.00425. The lowest BCUT2D eigenvalue weighted by Gasteiger charge is -2.19. The number of ether oxygens (including phenoxy) is 2. The SMILES string of the molecule is COCCOCC(O)CN(C)CC(F)F. The van der Waals surface area contributed by atoms with Crippen LogP contribution in [0.15, 0.2) is 0 Å². The van der Waals surface area contributed by atoms with Gasteiger partial charge in [-0.1, -0.05) is 0 Å². The molecule has 1 atom stereocenters. The highest BCUT2D eigenvalue weighted by atomic mass is 19.3. The van der Waals surface area contributed by atoms with Crippen molar-refractivity contribution >= 4 is 0 Å². The van der Waals surface area contributed by atoms with Crippen molar-refractivity contribution in [2.24, 2.45) is 0 Å². The van der Waals surface area contributed by atoms with Gasteiger partial charge in [0.2, 0.25) is 0 Å². The maximum absolute atomic E-state index is 11.9. The summed E-state index contributed by atoms with van der Waals surface area (Å²) >= 11 is 0. The van der Waals surface area contributed by atoms with E-state index in [1.165, 1.54) is 11.9 Å². The quantitative estimate of drug-likeness (QED) is 0.572. The maximum Gasteiger partial charge on any atom is 0.251 e. The zero-order chi connectivity index (χ0) is 11.7. The smallest absolute Gasteiger partial charge is 0.251 e. The second kappa shape index (κ2) is 8.96. The van der Waals surface area contributed by atoms with Crippen molar-refractivity contribution in [3.05, 3.63) is 0 Å². The molecule has 0 aliphatic carbocycles. The van der Waals surface area contributed by atoms with Crippen LogP contribution in [-0.4, -0.2) is 69.6 Å². The minimum absolute atomic E-state index is 0.136. The zero-order valence-corrected chi connectivity index (χ0v) is 9.16. The monoisotopic (exact) mass is 227 g/mol. The molecular formula is C9H19F2NO3. The van der Waals surface area contributed by atoms with Crippen LogP contribution in [0, 0.1) is 0 Å². The Kier molecular flexibility index (Phi) is 8.79. The third-order valence-electron chi connectivity index (χ3n) is 1.71. The van der Waals surface area contributed by atoms with Crippen LogP contribution < -0.4 is 0 Å². The van der Waals surface area contributed by atoms with Gasteiger partial charge in [0.15, 0.2) is 0 Å². The van der Waals surface area contributed by atoms with Crippen LogP contribution in [-0.2, 0) is 9.47 Å². The van der Waals surface area contributed by atoms with Gasteiger partial charge >= 0.3 is 0 Å². The number of methoxy groups -OCH3 is 1. The molecule has 1 N–H and O–H groups in total. The summed E-state index contributed by atoms with van der Waals surface area (Å²) in [4.78, 5) is 1.37. The van der Waals surface area contributed by atoms with Gasteiger partial charge in [-0.25, -0.2) is 8.78 Å². The molecule has 0 saturated heterocycles. The summed E-state index contributed by atoms with van der Waals surface area (Å²) in [5, 5.41) is 9.38. The summed E-state index contributed by atoms with van der Waals surface area (Å²) in [6.45, 7) is 0.828. The van der Waals surface area contributed by atoms with Crippen molar-refractivity contribution in [2.75, 3.05) is 47.1 Å². The van der Waals surface area contributed by atoms with Gasteiger partial charge in [0.25, 0.3) is 6.43 Å². The van der Waals surface area contributed by atoms with Crippen LogP contribution in [0.25, 0.3) is 0 Å². The summed E-state index contributed by atoms with van der Waals surface area (Å²) in [5.41, 5.74) is 0. The molecule has 0 spiro atoms. The second-order valence-corrected chi connectivity index (χ2v) is 3.33. The van der Waals surface area contributed by atoms with Crippen molar-refractivity contribution in [2.45, 2.75) is 12.5 Å². The van der Waals surface area contributed by atoms with E-state index in [4.69, 9.17) is 9.47 Å². The minimum Gasteiger partial charge on any atom is -0.389 e. The highest BCUT2D eigenvalue weighted by Crippen LogP contribution is 1.97. The van der Waals surface area contributed by atoms with Gasteiger partial charge in [-0.15, -0.1) is 0 Å². The molecule has 0 heterocycles. The number of likely N-dealkylation sites (N-methyl/N-ethyl adjacent to an activating group) is 1. The summed E-state index contributed by atoms with van der Waals surface area (Å²) < 4.78 is 33.6. The summed E-state index contributed by atoms with van der Waals surface area (Å²) in [6.07, 6.45) is -3.12. The standard InChI is InChI=1S/C9H19F2NO3/c1-12(6-9(10)11)5-8(13)7-15-4-3-14-2/h8-9,13H,3-7H2,1-2H3. The fourth-order valence-corrected chi connectivity index (χ4v) is 1.08. The lowest BCUT2D eigenvalue weighted by Crippen LogP contribution is -2.35. The second-order valence-electron chi connectivity index (χ2n) is 3.33. The predicted molar refractivity (Wildman–Crippen MR) is 52.2 cm³/mol. The Balaban J connectivity index is 3.42. The Hall–Kier alpha value is -0.300. The number of halogens is 2. The first-order valence-electron chi connectivity index (χ1n) is 4.77. The molecule has 0 aliphatic heterocycles. The van der Waals surface area contributed by atoms with Crippen molar-refractivity contribution in [1.29, 1.82) is 0 Å². The van der Waals surface area contributed by atoms with Crippen molar-refractivity contribution < 1.29 is 23.4 Å². The first kappa shape index (κ1) is 14.7. The average Bonchev–Trinajstić information content (AvgIpc) is 2.10. The third-order valence-corrected chi connectivity index (χ3v) is 1.71. The first-order chi connectivity index (χ1) is 7.06. The Morgan fingerprint density at radius 3 is 2.47 bits per heavy atom. The topological polar surface area (TPSA) is 41.9 Å². The number of hydrogen-bond donors (Lipinski definition) is 1. The fourth-order valence-electron chi connectivity index (χ4n) is 1.08. The van der Waals surface area contributed by atoms with Crippen LogP contribution in [0.5, 0.6) is 0 Å². The van der Waals surface area contributed by atoms with Crippen molar-refractivity contribution in [3.8, 4) is 0 Å². The van der Waals surface area contributed by atoms with E-state index in [-0.39, 0.29) is 19.7 Å². The van der Waals surface area contributed by atoms with Gasteiger partial charge in [-0.05, 0) is 7.05 Å². The number of hydrogen-bond acceptors (Lipinski definition) is 4. The highest BCUT2D eigenvalue weighted by molar-refractivity contribution is 4.61. The molecule has 0 rings (SSSR count).